The number of hydrogen-bond acceptors (Lipinski definition) is 6. The Kier molecular flexibility index (Phi) is 6.58. The molecule has 3 aromatic heterocycles. The van der Waals surface area contributed by atoms with Crippen LogP contribution in [-0.2, 0) is 7.05 Å². The molecule has 2 atom stereocenters. The van der Waals surface area contributed by atoms with Gasteiger partial charge in [-0.2, -0.15) is 5.26 Å². The average Bonchev–Trinajstić information content (AvgIpc) is 2.93. The molecule has 10 heteroatoms. The van der Waals surface area contributed by atoms with Crippen molar-refractivity contribution in [3.8, 4) is 6.07 Å². The standard InChI is InChI=1S/C28H23F2N7O/c1-17-16-36(27-21(14-31)28(38)35(3)23-10-11-24(32-2)34-25(23)27)12-13-37(17)26(18-4-6-19(29)7-5-18)22-9-8-20(30)15-33-22/h4-11,15,17,26H,12-13,16H2,1,3H3/t17-,26?/m1/s1. The van der Waals surface area contributed by atoms with Gasteiger partial charge in [-0.3, -0.25) is 14.7 Å². The summed E-state index contributed by atoms with van der Waals surface area (Å²) in [5.74, 6) is -0.630. The topological polar surface area (TPSA) is 82.4 Å². The minimum Gasteiger partial charge on any atom is -0.364 e. The van der Waals surface area contributed by atoms with Gasteiger partial charge in [-0.1, -0.05) is 18.7 Å². The van der Waals surface area contributed by atoms with Crippen LogP contribution in [0.5, 0.6) is 0 Å². The molecule has 5 rings (SSSR count). The molecule has 4 heterocycles. The summed E-state index contributed by atoms with van der Waals surface area (Å²) in [6, 6.07) is 13.9. The van der Waals surface area contributed by atoms with E-state index in [1.807, 2.05) is 11.8 Å². The van der Waals surface area contributed by atoms with E-state index in [1.54, 1.807) is 37.4 Å². The van der Waals surface area contributed by atoms with E-state index in [0.29, 0.717) is 42.0 Å². The number of rotatable bonds is 4. The van der Waals surface area contributed by atoms with E-state index >= 15 is 0 Å². The Morgan fingerprint density at radius 3 is 2.47 bits per heavy atom. The Hall–Kier alpha value is -4.67. The summed E-state index contributed by atoms with van der Waals surface area (Å²) < 4.78 is 28.8. The Bertz CT molecular complexity index is 1610. The molecule has 0 radical (unpaired) electrons. The summed E-state index contributed by atoms with van der Waals surface area (Å²) in [5.41, 5.74) is 2.36. The Balaban J connectivity index is 1.56. The van der Waals surface area contributed by atoms with E-state index in [9.17, 15) is 18.8 Å². The Morgan fingerprint density at radius 1 is 1.11 bits per heavy atom. The lowest BCUT2D eigenvalue weighted by atomic mass is 9.97. The zero-order valence-electron chi connectivity index (χ0n) is 20.8. The number of aromatic nitrogens is 3. The van der Waals surface area contributed by atoms with Crippen LogP contribution in [0.25, 0.3) is 15.9 Å². The Labute approximate surface area is 217 Å². The van der Waals surface area contributed by atoms with Gasteiger partial charge in [-0.05, 0) is 48.9 Å². The highest BCUT2D eigenvalue weighted by Gasteiger charge is 2.35. The van der Waals surface area contributed by atoms with Crippen molar-refractivity contribution in [2.75, 3.05) is 24.5 Å². The van der Waals surface area contributed by atoms with Gasteiger partial charge in [0.05, 0.1) is 23.4 Å². The van der Waals surface area contributed by atoms with Crippen LogP contribution in [0.2, 0.25) is 0 Å². The normalized spacial score (nSPS) is 16.7. The maximum atomic E-state index is 13.7. The maximum Gasteiger partial charge on any atom is 0.271 e. The van der Waals surface area contributed by atoms with E-state index in [2.05, 4.69) is 25.8 Å². The lowest BCUT2D eigenvalue weighted by Gasteiger charge is -2.44. The monoisotopic (exact) mass is 511 g/mol. The SMILES string of the molecule is [C-]#[N+]c1ccc2c(n1)c(N1CCN(C(c3ccc(F)cc3)c3ccc(F)cn3)[C@H](C)C1)c(C#N)c(=O)n2C. The second-order valence-electron chi connectivity index (χ2n) is 9.24. The third kappa shape index (κ3) is 4.36. The number of fused-ring (bicyclic) bond motifs is 1. The number of benzene rings is 1. The van der Waals surface area contributed by atoms with Crippen LogP contribution in [0.3, 0.4) is 0 Å². The number of piperazine rings is 1. The van der Waals surface area contributed by atoms with Crippen molar-refractivity contribution in [3.63, 3.8) is 0 Å². The highest BCUT2D eigenvalue weighted by molar-refractivity contribution is 5.92. The van der Waals surface area contributed by atoms with E-state index in [4.69, 9.17) is 6.57 Å². The van der Waals surface area contributed by atoms with Gasteiger partial charge in [-0.25, -0.2) is 8.78 Å². The van der Waals surface area contributed by atoms with E-state index < -0.39 is 11.4 Å². The first-order chi connectivity index (χ1) is 18.3. The molecule has 0 amide bonds. The fraction of sp³-hybridized carbons (Fsp3) is 0.250. The number of hydrogen-bond donors (Lipinski definition) is 0. The maximum absolute atomic E-state index is 13.7. The minimum atomic E-state index is -0.447. The van der Waals surface area contributed by atoms with E-state index in [-0.39, 0.29) is 29.3 Å². The second kappa shape index (κ2) is 10.0. The predicted octanol–water partition coefficient (Wildman–Crippen LogP) is 4.33. The van der Waals surface area contributed by atoms with Crippen molar-refractivity contribution in [2.24, 2.45) is 7.05 Å². The van der Waals surface area contributed by atoms with Crippen molar-refractivity contribution < 1.29 is 8.78 Å². The smallest absolute Gasteiger partial charge is 0.271 e. The van der Waals surface area contributed by atoms with E-state index in [1.165, 1.54) is 29.0 Å². The second-order valence-corrected chi connectivity index (χ2v) is 9.24. The highest BCUT2D eigenvalue weighted by Crippen LogP contribution is 2.35. The number of nitriles is 1. The minimum absolute atomic E-state index is 0.0226. The lowest BCUT2D eigenvalue weighted by molar-refractivity contribution is 0.147. The summed E-state index contributed by atoms with van der Waals surface area (Å²) in [7, 11) is 1.58. The van der Waals surface area contributed by atoms with Gasteiger partial charge in [0.15, 0.2) is 0 Å². The number of nitrogens with zero attached hydrogens (tertiary/aromatic N) is 7. The first kappa shape index (κ1) is 25.0. The highest BCUT2D eigenvalue weighted by atomic mass is 19.1. The van der Waals surface area contributed by atoms with Crippen molar-refractivity contribution >= 4 is 22.5 Å². The number of pyridine rings is 3. The van der Waals surface area contributed by atoms with Crippen LogP contribution in [0.4, 0.5) is 20.3 Å². The molecule has 38 heavy (non-hydrogen) atoms. The predicted molar refractivity (Wildman–Crippen MR) is 139 cm³/mol. The molecule has 1 fully saturated rings. The van der Waals surface area contributed by atoms with Crippen LogP contribution in [0.15, 0.2) is 59.5 Å². The first-order valence-electron chi connectivity index (χ1n) is 12.0. The van der Waals surface area contributed by atoms with Crippen molar-refractivity contribution in [1.82, 2.24) is 19.4 Å². The number of anilines is 1. The molecule has 1 aliphatic rings. The van der Waals surface area contributed by atoms with Crippen LogP contribution >= 0.6 is 0 Å². The van der Waals surface area contributed by atoms with Crippen LogP contribution < -0.4 is 10.5 Å². The zero-order valence-corrected chi connectivity index (χ0v) is 20.8. The van der Waals surface area contributed by atoms with Gasteiger partial charge in [0.2, 0.25) is 5.52 Å². The van der Waals surface area contributed by atoms with Crippen molar-refractivity contribution in [3.05, 3.63) is 105 Å². The first-order valence-corrected chi connectivity index (χ1v) is 12.0. The fourth-order valence-electron chi connectivity index (χ4n) is 5.14. The summed E-state index contributed by atoms with van der Waals surface area (Å²) in [6.45, 7) is 10.8. The lowest BCUT2D eigenvalue weighted by Crippen LogP contribution is -2.53. The molecule has 1 aliphatic heterocycles. The molecule has 0 N–H and O–H groups in total. The summed E-state index contributed by atoms with van der Waals surface area (Å²) in [4.78, 5) is 29.4. The Morgan fingerprint density at radius 2 is 1.84 bits per heavy atom. The van der Waals surface area contributed by atoms with Crippen LogP contribution in [0, 0.1) is 29.5 Å². The average molecular weight is 512 g/mol. The molecule has 190 valence electrons. The van der Waals surface area contributed by atoms with Gasteiger partial charge in [-0.15, -0.1) is 4.98 Å². The molecular formula is C28H23F2N7O. The fourth-order valence-corrected chi connectivity index (χ4v) is 5.14. The molecule has 1 saturated heterocycles. The zero-order chi connectivity index (χ0) is 27.0. The van der Waals surface area contributed by atoms with Crippen molar-refractivity contribution in [2.45, 2.75) is 19.0 Å². The summed E-state index contributed by atoms with van der Waals surface area (Å²) in [6.07, 6.45) is 1.17. The third-order valence-corrected chi connectivity index (χ3v) is 6.97. The number of aryl methyl sites for hydroxylation is 1. The van der Waals surface area contributed by atoms with Gasteiger partial charge < -0.3 is 14.3 Å². The van der Waals surface area contributed by atoms with Crippen molar-refractivity contribution in [1.29, 1.82) is 5.26 Å². The molecule has 0 saturated carbocycles. The molecule has 8 nitrogen and oxygen atoms in total. The molecule has 0 spiro atoms. The number of halogens is 2. The summed E-state index contributed by atoms with van der Waals surface area (Å²) in [5, 5.41) is 9.93. The summed E-state index contributed by atoms with van der Waals surface area (Å²) >= 11 is 0. The van der Waals surface area contributed by atoms with Gasteiger partial charge in [0.1, 0.15) is 29.0 Å². The van der Waals surface area contributed by atoms with Gasteiger partial charge in [0.25, 0.3) is 11.4 Å². The molecular weight excluding hydrogens is 488 g/mol. The third-order valence-electron chi connectivity index (χ3n) is 6.97. The van der Waals surface area contributed by atoms with Crippen LogP contribution in [0.1, 0.15) is 29.8 Å². The largest absolute Gasteiger partial charge is 0.364 e. The van der Waals surface area contributed by atoms with Crippen LogP contribution in [-0.4, -0.2) is 45.1 Å². The molecule has 1 unspecified atom stereocenters. The van der Waals surface area contributed by atoms with Gasteiger partial charge >= 0.3 is 0 Å². The van der Waals surface area contributed by atoms with E-state index in [0.717, 1.165) is 5.56 Å². The molecule has 1 aromatic carbocycles. The molecule has 0 aliphatic carbocycles. The quantitative estimate of drug-likeness (QED) is 0.380. The molecule has 0 bridgehead atoms. The van der Waals surface area contributed by atoms with Gasteiger partial charge in [0, 0.05) is 32.7 Å². The molecule has 4 aromatic rings.